The number of rotatable bonds is 3. The minimum atomic E-state index is 1.12. The summed E-state index contributed by atoms with van der Waals surface area (Å²) in [7, 11) is 0. The summed E-state index contributed by atoms with van der Waals surface area (Å²) in [6.45, 7) is 2.20. The summed E-state index contributed by atoms with van der Waals surface area (Å²) in [5.41, 5.74) is 1.22. The molecule has 2 heteroatoms. The van der Waals surface area contributed by atoms with E-state index in [1.54, 1.807) is 0 Å². The Labute approximate surface area is 81.4 Å². The van der Waals surface area contributed by atoms with E-state index in [1.165, 1.54) is 22.1 Å². The maximum Gasteiger partial charge on any atom is 0.0414 e. The minimum absolute atomic E-state index is 1.12. The Morgan fingerprint density at radius 1 is 1.55 bits per heavy atom. The largest absolute Gasteiger partial charge is 0.261 e. The van der Waals surface area contributed by atoms with Gasteiger partial charge in [0, 0.05) is 15.5 Å². The molecule has 0 N–H and O–H groups in total. The van der Waals surface area contributed by atoms with E-state index >= 15 is 0 Å². The molecule has 0 spiro atoms. The number of hydrogen-bond donors (Lipinski definition) is 0. The Kier molecular flexibility index (Phi) is 3.83. The quantitative estimate of drug-likeness (QED) is 0.762. The number of unbranched alkanes of at least 4 members (excludes halogenated alkanes) is 1. The lowest BCUT2D eigenvalue weighted by atomic mass is 10.2. The Hall–Kier alpha value is -0.120. The standard InChI is InChI=1S/C9H12IN/c1-2-3-4-9-7-8(10)5-6-11-9/h5-7H,2-4H2,1H3. The van der Waals surface area contributed by atoms with Crippen LogP contribution in [-0.4, -0.2) is 4.98 Å². The molecule has 0 saturated heterocycles. The van der Waals surface area contributed by atoms with Crippen LogP contribution in [0.15, 0.2) is 18.3 Å². The van der Waals surface area contributed by atoms with Gasteiger partial charge in [-0.25, -0.2) is 0 Å². The van der Waals surface area contributed by atoms with Crippen LogP contribution in [0.3, 0.4) is 0 Å². The molecule has 0 unspecified atom stereocenters. The second-order valence-electron chi connectivity index (χ2n) is 2.57. The molecule has 1 rings (SSSR count). The molecule has 1 nitrogen and oxygen atoms in total. The molecule has 0 saturated carbocycles. The predicted molar refractivity (Wildman–Crippen MR) is 55.6 cm³/mol. The molecule has 0 radical (unpaired) electrons. The molecule has 1 aromatic rings. The van der Waals surface area contributed by atoms with Gasteiger partial charge < -0.3 is 0 Å². The van der Waals surface area contributed by atoms with E-state index in [0.29, 0.717) is 0 Å². The van der Waals surface area contributed by atoms with E-state index in [-0.39, 0.29) is 0 Å². The predicted octanol–water partition coefficient (Wildman–Crippen LogP) is 3.03. The zero-order chi connectivity index (χ0) is 8.10. The SMILES string of the molecule is CCCCc1cc(I)ccn1. The molecule has 60 valence electrons. The van der Waals surface area contributed by atoms with E-state index in [9.17, 15) is 0 Å². The van der Waals surface area contributed by atoms with E-state index < -0.39 is 0 Å². The molecule has 0 aliphatic rings. The van der Waals surface area contributed by atoms with Gasteiger partial charge in [-0.15, -0.1) is 0 Å². The third-order valence-corrected chi connectivity index (χ3v) is 2.24. The van der Waals surface area contributed by atoms with Gasteiger partial charge in [0.25, 0.3) is 0 Å². The van der Waals surface area contributed by atoms with Crippen LogP contribution in [0.4, 0.5) is 0 Å². The molecule has 0 aliphatic heterocycles. The second kappa shape index (κ2) is 4.70. The Morgan fingerprint density at radius 3 is 3.00 bits per heavy atom. The van der Waals surface area contributed by atoms with Crippen LogP contribution in [0.1, 0.15) is 25.5 Å². The van der Waals surface area contributed by atoms with Gasteiger partial charge in [-0.2, -0.15) is 0 Å². The molecule has 11 heavy (non-hydrogen) atoms. The van der Waals surface area contributed by atoms with Crippen LogP contribution < -0.4 is 0 Å². The van der Waals surface area contributed by atoms with Crippen LogP contribution in [0, 0.1) is 3.57 Å². The molecule has 0 bridgehead atoms. The Bertz CT molecular complexity index is 223. The van der Waals surface area contributed by atoms with Gasteiger partial charge in [0.1, 0.15) is 0 Å². The average Bonchev–Trinajstić information content (AvgIpc) is 2.01. The number of aromatic nitrogens is 1. The maximum absolute atomic E-state index is 4.27. The molecule has 0 fully saturated rings. The Morgan fingerprint density at radius 2 is 2.36 bits per heavy atom. The first-order valence-electron chi connectivity index (χ1n) is 3.93. The lowest BCUT2D eigenvalue weighted by molar-refractivity contribution is 0.776. The normalized spacial score (nSPS) is 10.0. The molecule has 1 heterocycles. The van der Waals surface area contributed by atoms with Gasteiger partial charge >= 0.3 is 0 Å². The zero-order valence-electron chi connectivity index (χ0n) is 6.68. The van der Waals surface area contributed by atoms with Crippen molar-refractivity contribution in [3.63, 3.8) is 0 Å². The van der Waals surface area contributed by atoms with Crippen LogP contribution in [-0.2, 0) is 6.42 Å². The van der Waals surface area contributed by atoms with Gasteiger partial charge in [-0.05, 0) is 47.6 Å². The third-order valence-electron chi connectivity index (χ3n) is 1.57. The van der Waals surface area contributed by atoms with Crippen molar-refractivity contribution >= 4 is 22.6 Å². The van der Waals surface area contributed by atoms with Crippen LogP contribution in [0.25, 0.3) is 0 Å². The third kappa shape index (κ3) is 3.18. The first-order valence-corrected chi connectivity index (χ1v) is 5.01. The molecule has 0 aliphatic carbocycles. The van der Waals surface area contributed by atoms with Gasteiger partial charge in [-0.1, -0.05) is 13.3 Å². The fraction of sp³-hybridized carbons (Fsp3) is 0.444. The average molecular weight is 261 g/mol. The van der Waals surface area contributed by atoms with Crippen LogP contribution >= 0.6 is 22.6 Å². The number of halogens is 1. The molecular weight excluding hydrogens is 249 g/mol. The maximum atomic E-state index is 4.27. The fourth-order valence-electron chi connectivity index (χ4n) is 0.943. The lowest BCUT2D eigenvalue weighted by Gasteiger charge is -1.97. The van der Waals surface area contributed by atoms with Gasteiger partial charge in [0.2, 0.25) is 0 Å². The number of hydrogen-bond acceptors (Lipinski definition) is 1. The molecule has 0 aromatic carbocycles. The van der Waals surface area contributed by atoms with E-state index in [0.717, 1.165) is 6.42 Å². The summed E-state index contributed by atoms with van der Waals surface area (Å²) < 4.78 is 1.28. The second-order valence-corrected chi connectivity index (χ2v) is 3.81. The highest BCUT2D eigenvalue weighted by atomic mass is 127. The van der Waals surface area contributed by atoms with Crippen molar-refractivity contribution < 1.29 is 0 Å². The summed E-state index contributed by atoms with van der Waals surface area (Å²) in [5, 5.41) is 0. The summed E-state index contributed by atoms with van der Waals surface area (Å²) >= 11 is 2.32. The summed E-state index contributed by atoms with van der Waals surface area (Å²) in [6.07, 6.45) is 5.49. The van der Waals surface area contributed by atoms with E-state index in [1.807, 2.05) is 12.3 Å². The van der Waals surface area contributed by atoms with Crippen molar-refractivity contribution in [2.45, 2.75) is 26.2 Å². The highest BCUT2D eigenvalue weighted by Crippen LogP contribution is 2.07. The number of aryl methyl sites for hydroxylation is 1. The molecular formula is C9H12IN. The summed E-state index contributed by atoms with van der Waals surface area (Å²) in [5.74, 6) is 0. The number of nitrogens with zero attached hydrogens (tertiary/aromatic N) is 1. The summed E-state index contributed by atoms with van der Waals surface area (Å²) in [6, 6.07) is 4.17. The molecule has 1 aromatic heterocycles. The van der Waals surface area contributed by atoms with E-state index in [4.69, 9.17) is 0 Å². The Balaban J connectivity index is 2.56. The topological polar surface area (TPSA) is 12.9 Å². The van der Waals surface area contributed by atoms with Crippen molar-refractivity contribution in [1.82, 2.24) is 4.98 Å². The van der Waals surface area contributed by atoms with Crippen molar-refractivity contribution in [2.24, 2.45) is 0 Å². The molecule has 0 amide bonds. The van der Waals surface area contributed by atoms with Crippen molar-refractivity contribution in [3.05, 3.63) is 27.6 Å². The van der Waals surface area contributed by atoms with E-state index in [2.05, 4.69) is 40.6 Å². The van der Waals surface area contributed by atoms with Crippen LogP contribution in [0.5, 0.6) is 0 Å². The van der Waals surface area contributed by atoms with Gasteiger partial charge in [0.15, 0.2) is 0 Å². The van der Waals surface area contributed by atoms with Crippen molar-refractivity contribution in [3.8, 4) is 0 Å². The minimum Gasteiger partial charge on any atom is -0.261 e. The fourth-order valence-corrected chi connectivity index (χ4v) is 1.46. The van der Waals surface area contributed by atoms with Gasteiger partial charge in [0.05, 0.1) is 0 Å². The lowest BCUT2D eigenvalue weighted by Crippen LogP contribution is -1.89. The first-order chi connectivity index (χ1) is 5.33. The highest BCUT2D eigenvalue weighted by molar-refractivity contribution is 14.1. The first kappa shape index (κ1) is 8.97. The zero-order valence-corrected chi connectivity index (χ0v) is 8.84. The number of pyridine rings is 1. The smallest absolute Gasteiger partial charge is 0.0414 e. The van der Waals surface area contributed by atoms with Crippen molar-refractivity contribution in [2.75, 3.05) is 0 Å². The summed E-state index contributed by atoms with van der Waals surface area (Å²) in [4.78, 5) is 4.27. The highest BCUT2D eigenvalue weighted by Gasteiger charge is 1.93. The monoisotopic (exact) mass is 261 g/mol. The van der Waals surface area contributed by atoms with Crippen LogP contribution in [0.2, 0.25) is 0 Å². The molecule has 0 atom stereocenters. The van der Waals surface area contributed by atoms with Gasteiger partial charge in [-0.3, -0.25) is 4.98 Å². The van der Waals surface area contributed by atoms with Crippen molar-refractivity contribution in [1.29, 1.82) is 0 Å².